The molecule has 0 aromatic heterocycles. The van der Waals surface area contributed by atoms with E-state index in [1.54, 1.807) is 0 Å². The molecule has 0 amide bonds. The molecule has 7 heteroatoms. The van der Waals surface area contributed by atoms with E-state index in [2.05, 4.69) is 0 Å². The molecule has 0 bridgehead atoms. The molecule has 1 saturated heterocycles. The van der Waals surface area contributed by atoms with Crippen LogP contribution in [-0.2, 0) is 14.8 Å². The monoisotopic (exact) mass is 299 g/mol. The van der Waals surface area contributed by atoms with E-state index in [4.69, 9.17) is 9.84 Å². The fourth-order valence-electron chi connectivity index (χ4n) is 2.20. The van der Waals surface area contributed by atoms with Crippen molar-refractivity contribution in [2.45, 2.75) is 23.8 Å². The van der Waals surface area contributed by atoms with E-state index in [1.165, 1.54) is 35.6 Å². The van der Waals surface area contributed by atoms with E-state index in [0.717, 1.165) is 0 Å². The molecule has 20 heavy (non-hydrogen) atoms. The lowest BCUT2D eigenvalue weighted by molar-refractivity contribution is 0.0632. The Labute approximate surface area is 118 Å². The van der Waals surface area contributed by atoms with E-state index in [1.807, 2.05) is 0 Å². The van der Waals surface area contributed by atoms with Crippen LogP contribution >= 0.6 is 0 Å². The Kier molecular flexibility index (Phi) is 4.42. The number of hydrogen-bond donors (Lipinski definition) is 1. The predicted molar refractivity (Wildman–Crippen MR) is 72.2 cm³/mol. The average Bonchev–Trinajstić information content (AvgIpc) is 2.47. The number of carboxylic acid groups (broad SMARTS) is 1. The van der Waals surface area contributed by atoms with E-state index >= 15 is 0 Å². The van der Waals surface area contributed by atoms with Crippen molar-refractivity contribution in [2.24, 2.45) is 0 Å². The molecular formula is C13H17NO5S. The molecule has 1 aromatic carbocycles. The van der Waals surface area contributed by atoms with E-state index < -0.39 is 16.0 Å². The molecule has 1 aliphatic heterocycles. The van der Waals surface area contributed by atoms with E-state index in [9.17, 15) is 13.2 Å². The summed E-state index contributed by atoms with van der Waals surface area (Å²) in [5, 5.41) is 8.94. The minimum Gasteiger partial charge on any atom is -0.478 e. The van der Waals surface area contributed by atoms with Crippen molar-refractivity contribution >= 4 is 16.0 Å². The highest BCUT2D eigenvalue weighted by atomic mass is 32.2. The first-order valence-electron chi connectivity index (χ1n) is 6.32. The lowest BCUT2D eigenvalue weighted by Gasteiger charge is -2.30. The Morgan fingerprint density at radius 3 is 2.60 bits per heavy atom. The maximum Gasteiger partial charge on any atom is 0.335 e. The molecule has 0 aliphatic carbocycles. The number of nitrogens with zero attached hydrogens (tertiary/aromatic N) is 1. The van der Waals surface area contributed by atoms with Gasteiger partial charge in [0.1, 0.15) is 0 Å². The Morgan fingerprint density at radius 2 is 2.00 bits per heavy atom. The second-order valence-electron chi connectivity index (χ2n) is 4.70. The first-order valence-corrected chi connectivity index (χ1v) is 7.76. The van der Waals surface area contributed by atoms with E-state index in [-0.39, 0.29) is 16.5 Å². The summed E-state index contributed by atoms with van der Waals surface area (Å²) >= 11 is 0. The Morgan fingerprint density at radius 1 is 1.35 bits per heavy atom. The van der Waals surface area contributed by atoms with Gasteiger partial charge in [-0.2, -0.15) is 4.31 Å². The molecule has 0 atom stereocenters. The largest absolute Gasteiger partial charge is 0.478 e. The van der Waals surface area contributed by atoms with Gasteiger partial charge in [0, 0.05) is 26.3 Å². The van der Waals surface area contributed by atoms with Crippen LogP contribution in [0.3, 0.4) is 0 Å². The third-order valence-electron chi connectivity index (χ3n) is 3.46. The third kappa shape index (κ3) is 3.00. The molecule has 110 valence electrons. The highest BCUT2D eigenvalue weighted by Gasteiger charge is 2.29. The van der Waals surface area contributed by atoms with Crippen molar-refractivity contribution in [3.63, 3.8) is 0 Å². The summed E-state index contributed by atoms with van der Waals surface area (Å²) in [7, 11) is -2.15. The zero-order valence-electron chi connectivity index (χ0n) is 11.2. The smallest absolute Gasteiger partial charge is 0.335 e. The van der Waals surface area contributed by atoms with Crippen molar-refractivity contribution in [3.8, 4) is 0 Å². The number of sulfonamides is 1. The zero-order valence-corrected chi connectivity index (χ0v) is 12.0. The maximum atomic E-state index is 12.5. The molecule has 1 N–H and O–H groups in total. The van der Waals surface area contributed by atoms with Gasteiger partial charge in [-0.3, -0.25) is 0 Å². The number of hydrogen-bond acceptors (Lipinski definition) is 4. The van der Waals surface area contributed by atoms with Crippen molar-refractivity contribution in [3.05, 3.63) is 29.8 Å². The van der Waals surface area contributed by atoms with Gasteiger partial charge in [-0.15, -0.1) is 0 Å². The average molecular weight is 299 g/mol. The molecule has 6 nitrogen and oxygen atoms in total. The van der Waals surface area contributed by atoms with Crippen molar-refractivity contribution < 1.29 is 23.1 Å². The molecule has 0 radical (unpaired) electrons. The fourth-order valence-corrected chi connectivity index (χ4v) is 3.66. The van der Waals surface area contributed by atoms with Crippen LogP contribution in [0.1, 0.15) is 23.2 Å². The highest BCUT2D eigenvalue weighted by Crippen LogP contribution is 2.22. The van der Waals surface area contributed by atoms with Gasteiger partial charge in [-0.1, -0.05) is 6.07 Å². The second-order valence-corrected chi connectivity index (χ2v) is 6.70. The SMILES string of the molecule is CN(C1CCOCC1)S(=O)(=O)c1cccc(C(=O)O)c1. The minimum atomic E-state index is -3.68. The molecule has 0 spiro atoms. The lowest BCUT2D eigenvalue weighted by atomic mass is 10.1. The van der Waals surface area contributed by atoms with Crippen LogP contribution in [0.2, 0.25) is 0 Å². The normalized spacial score (nSPS) is 17.3. The van der Waals surface area contributed by atoms with Crippen LogP contribution in [0.4, 0.5) is 0 Å². The van der Waals surface area contributed by atoms with Gasteiger partial charge >= 0.3 is 5.97 Å². The van der Waals surface area contributed by atoms with Crippen LogP contribution < -0.4 is 0 Å². The van der Waals surface area contributed by atoms with Crippen molar-refractivity contribution in [2.75, 3.05) is 20.3 Å². The summed E-state index contributed by atoms with van der Waals surface area (Å²) < 4.78 is 31.5. The molecule has 1 fully saturated rings. The number of rotatable bonds is 4. The number of ether oxygens (including phenoxy) is 1. The summed E-state index contributed by atoms with van der Waals surface area (Å²) in [6, 6.07) is 5.30. The Balaban J connectivity index is 2.29. The van der Waals surface area contributed by atoms with Gasteiger partial charge in [0.25, 0.3) is 0 Å². The van der Waals surface area contributed by atoms with Crippen LogP contribution in [0.15, 0.2) is 29.2 Å². The number of aromatic carboxylic acids is 1. The summed E-state index contributed by atoms with van der Waals surface area (Å²) in [5.74, 6) is -1.14. The number of carbonyl (C=O) groups is 1. The quantitative estimate of drug-likeness (QED) is 0.902. The van der Waals surface area contributed by atoms with Gasteiger partial charge in [0.15, 0.2) is 0 Å². The van der Waals surface area contributed by atoms with Crippen LogP contribution in [0.25, 0.3) is 0 Å². The first-order chi connectivity index (χ1) is 9.43. The lowest BCUT2D eigenvalue weighted by Crippen LogP contribution is -2.40. The molecule has 0 saturated carbocycles. The van der Waals surface area contributed by atoms with Crippen LogP contribution in [-0.4, -0.2) is 50.1 Å². The molecule has 0 unspecified atom stereocenters. The van der Waals surface area contributed by atoms with Crippen LogP contribution in [0.5, 0.6) is 0 Å². The number of benzene rings is 1. The molecular weight excluding hydrogens is 282 g/mol. The van der Waals surface area contributed by atoms with Gasteiger partial charge in [-0.05, 0) is 31.0 Å². The minimum absolute atomic E-state index is 0.00592. The van der Waals surface area contributed by atoms with Gasteiger partial charge in [0.2, 0.25) is 10.0 Å². The van der Waals surface area contributed by atoms with Crippen molar-refractivity contribution in [1.82, 2.24) is 4.31 Å². The molecule has 2 rings (SSSR count). The summed E-state index contributed by atoms with van der Waals surface area (Å²) in [5.41, 5.74) is -0.0357. The Bertz CT molecular complexity index is 593. The zero-order chi connectivity index (χ0) is 14.8. The fraction of sp³-hybridized carbons (Fsp3) is 0.462. The standard InChI is InChI=1S/C13H17NO5S/c1-14(11-5-7-19-8-6-11)20(17,18)12-4-2-3-10(9-12)13(15)16/h2-4,9,11H,5-8H2,1H3,(H,15,16). The third-order valence-corrected chi connectivity index (χ3v) is 5.37. The summed E-state index contributed by atoms with van der Waals surface area (Å²) in [6.07, 6.45) is 1.29. The van der Waals surface area contributed by atoms with Gasteiger partial charge < -0.3 is 9.84 Å². The Hall–Kier alpha value is -1.44. The molecule has 1 heterocycles. The van der Waals surface area contributed by atoms with E-state index in [0.29, 0.717) is 26.1 Å². The van der Waals surface area contributed by atoms with Gasteiger partial charge in [-0.25, -0.2) is 13.2 Å². The van der Waals surface area contributed by atoms with Crippen molar-refractivity contribution in [1.29, 1.82) is 0 Å². The summed E-state index contributed by atoms with van der Waals surface area (Å²) in [6.45, 7) is 1.08. The predicted octanol–water partition coefficient (Wildman–Crippen LogP) is 1.18. The molecule has 1 aromatic rings. The second kappa shape index (κ2) is 5.90. The topological polar surface area (TPSA) is 83.9 Å². The first kappa shape index (κ1) is 15.0. The van der Waals surface area contributed by atoms with Gasteiger partial charge in [0.05, 0.1) is 10.5 Å². The number of carboxylic acids is 1. The highest BCUT2D eigenvalue weighted by molar-refractivity contribution is 7.89. The summed E-state index contributed by atoms with van der Waals surface area (Å²) in [4.78, 5) is 10.9. The molecule has 1 aliphatic rings. The maximum absolute atomic E-state index is 12.5. The van der Waals surface area contributed by atoms with Crippen LogP contribution in [0, 0.1) is 0 Å².